The average molecular weight is 358 g/mol. The first-order valence-electron chi connectivity index (χ1n) is 6.93. The molecule has 1 aromatic heterocycles. The third-order valence-electron chi connectivity index (χ3n) is 3.47. The Morgan fingerprint density at radius 2 is 2.00 bits per heavy atom. The molecule has 0 bridgehead atoms. The number of phenolic OH excluding ortho intramolecular Hbond substituents is 1. The molecule has 0 fully saturated rings. The van der Waals surface area contributed by atoms with E-state index in [1.807, 2.05) is 42.1 Å². The Bertz CT molecular complexity index is 798. The number of imidazole rings is 1. The van der Waals surface area contributed by atoms with Crippen molar-refractivity contribution < 1.29 is 5.11 Å². The van der Waals surface area contributed by atoms with Gasteiger partial charge in [0.05, 0.1) is 11.9 Å². The lowest BCUT2D eigenvalue weighted by Crippen LogP contribution is -2.05. The van der Waals surface area contributed by atoms with E-state index in [4.69, 9.17) is 0 Å². The van der Waals surface area contributed by atoms with E-state index in [1.54, 1.807) is 12.1 Å². The molecule has 112 valence electrons. The number of aromatic nitrogens is 2. The monoisotopic (exact) mass is 357 g/mol. The van der Waals surface area contributed by atoms with Crippen LogP contribution < -0.4 is 5.32 Å². The molecule has 0 amide bonds. The highest BCUT2D eigenvalue weighted by Gasteiger charge is 2.08. The summed E-state index contributed by atoms with van der Waals surface area (Å²) in [6.07, 6.45) is 1.85. The van der Waals surface area contributed by atoms with Crippen LogP contribution in [-0.2, 0) is 13.6 Å². The molecule has 3 aromatic rings. The first-order valence-corrected chi connectivity index (χ1v) is 7.72. The number of phenols is 1. The normalized spacial score (nSPS) is 10.6. The molecule has 5 heteroatoms. The maximum absolute atomic E-state index is 9.49. The topological polar surface area (TPSA) is 50.1 Å². The molecular formula is C17H16BrN3O. The summed E-state index contributed by atoms with van der Waals surface area (Å²) in [6.45, 7) is 0.608. The number of nitrogens with zero attached hydrogens (tertiary/aromatic N) is 2. The second-order valence-electron chi connectivity index (χ2n) is 5.06. The lowest BCUT2D eigenvalue weighted by Gasteiger charge is -2.09. The Balaban J connectivity index is 1.79. The minimum absolute atomic E-state index is 0.272. The van der Waals surface area contributed by atoms with E-state index in [0.29, 0.717) is 6.54 Å². The van der Waals surface area contributed by atoms with Crippen LogP contribution in [0.25, 0.3) is 11.3 Å². The number of aromatic hydroxyl groups is 1. The van der Waals surface area contributed by atoms with Gasteiger partial charge in [-0.1, -0.05) is 40.2 Å². The first kappa shape index (κ1) is 14.7. The second kappa shape index (κ2) is 6.23. The van der Waals surface area contributed by atoms with Crippen molar-refractivity contribution in [2.75, 3.05) is 5.32 Å². The van der Waals surface area contributed by atoms with Crippen molar-refractivity contribution >= 4 is 21.9 Å². The zero-order valence-electron chi connectivity index (χ0n) is 12.1. The van der Waals surface area contributed by atoms with Crippen LogP contribution in [0, 0.1) is 0 Å². The number of anilines is 1. The maximum atomic E-state index is 9.49. The van der Waals surface area contributed by atoms with Gasteiger partial charge in [-0.15, -0.1) is 0 Å². The summed E-state index contributed by atoms with van der Waals surface area (Å²) in [6, 6.07) is 15.3. The summed E-state index contributed by atoms with van der Waals surface area (Å²) in [5.74, 6) is 1.06. The highest BCUT2D eigenvalue weighted by Crippen LogP contribution is 2.25. The van der Waals surface area contributed by atoms with E-state index in [0.717, 1.165) is 27.2 Å². The molecule has 0 saturated heterocycles. The molecule has 22 heavy (non-hydrogen) atoms. The van der Waals surface area contributed by atoms with Gasteiger partial charge in [0, 0.05) is 23.6 Å². The minimum atomic E-state index is 0.272. The number of benzene rings is 2. The van der Waals surface area contributed by atoms with E-state index in [-0.39, 0.29) is 5.75 Å². The molecule has 0 aliphatic heterocycles. The Labute approximate surface area is 137 Å². The van der Waals surface area contributed by atoms with Crippen molar-refractivity contribution in [2.24, 2.45) is 7.05 Å². The summed E-state index contributed by atoms with van der Waals surface area (Å²) in [7, 11) is 1.98. The van der Waals surface area contributed by atoms with Gasteiger partial charge in [-0.3, -0.25) is 0 Å². The van der Waals surface area contributed by atoms with Gasteiger partial charge < -0.3 is 15.0 Å². The van der Waals surface area contributed by atoms with Crippen LogP contribution in [0.3, 0.4) is 0 Å². The number of hydrogen-bond acceptors (Lipinski definition) is 3. The molecule has 2 aromatic carbocycles. The third-order valence-corrected chi connectivity index (χ3v) is 3.96. The van der Waals surface area contributed by atoms with Crippen molar-refractivity contribution in [3.05, 3.63) is 64.8 Å². The third kappa shape index (κ3) is 3.14. The largest absolute Gasteiger partial charge is 0.508 e. The molecule has 0 saturated carbocycles. The Kier molecular flexibility index (Phi) is 4.15. The van der Waals surface area contributed by atoms with Crippen molar-refractivity contribution in [3.8, 4) is 17.0 Å². The first-order chi connectivity index (χ1) is 10.6. The molecule has 1 heterocycles. The summed E-state index contributed by atoms with van der Waals surface area (Å²) >= 11 is 3.49. The highest BCUT2D eigenvalue weighted by atomic mass is 79.9. The van der Waals surface area contributed by atoms with Crippen molar-refractivity contribution in [2.45, 2.75) is 6.54 Å². The summed E-state index contributed by atoms with van der Waals surface area (Å²) in [5.41, 5.74) is 3.15. The zero-order valence-corrected chi connectivity index (χ0v) is 13.7. The summed E-state index contributed by atoms with van der Waals surface area (Å²) < 4.78 is 3.06. The van der Waals surface area contributed by atoms with Crippen LogP contribution in [0.2, 0.25) is 0 Å². The maximum Gasteiger partial charge on any atom is 0.203 e. The predicted octanol–water partition coefficient (Wildman–Crippen LogP) is 4.17. The lowest BCUT2D eigenvalue weighted by molar-refractivity contribution is 0.474. The summed E-state index contributed by atoms with van der Waals surface area (Å²) in [5, 5.41) is 12.8. The van der Waals surface area contributed by atoms with Gasteiger partial charge in [0.25, 0.3) is 0 Å². The van der Waals surface area contributed by atoms with Gasteiger partial charge in [0.1, 0.15) is 5.75 Å². The Morgan fingerprint density at radius 3 is 2.77 bits per heavy atom. The van der Waals surface area contributed by atoms with Gasteiger partial charge in [-0.25, -0.2) is 4.98 Å². The van der Waals surface area contributed by atoms with Gasteiger partial charge in [-0.05, 0) is 29.8 Å². The van der Waals surface area contributed by atoms with E-state index >= 15 is 0 Å². The molecule has 0 aliphatic carbocycles. The molecule has 0 aliphatic rings. The quantitative estimate of drug-likeness (QED) is 0.736. The highest BCUT2D eigenvalue weighted by molar-refractivity contribution is 9.10. The molecule has 4 nitrogen and oxygen atoms in total. The van der Waals surface area contributed by atoms with E-state index in [1.165, 1.54) is 0 Å². The molecule has 0 spiro atoms. The van der Waals surface area contributed by atoms with Gasteiger partial charge in [0.2, 0.25) is 5.95 Å². The lowest BCUT2D eigenvalue weighted by atomic mass is 10.2. The molecule has 0 radical (unpaired) electrons. The van der Waals surface area contributed by atoms with E-state index < -0.39 is 0 Å². The average Bonchev–Trinajstić information content (AvgIpc) is 2.86. The zero-order chi connectivity index (χ0) is 15.5. The van der Waals surface area contributed by atoms with Crippen molar-refractivity contribution in [1.29, 1.82) is 0 Å². The second-order valence-corrected chi connectivity index (χ2v) is 5.98. The smallest absolute Gasteiger partial charge is 0.203 e. The van der Waals surface area contributed by atoms with Crippen LogP contribution in [0.5, 0.6) is 5.75 Å². The molecule has 3 rings (SSSR count). The minimum Gasteiger partial charge on any atom is -0.508 e. The van der Waals surface area contributed by atoms with Crippen molar-refractivity contribution in [3.63, 3.8) is 0 Å². The van der Waals surface area contributed by atoms with Gasteiger partial charge in [0.15, 0.2) is 0 Å². The number of halogens is 1. The fraction of sp³-hybridized carbons (Fsp3) is 0.118. The number of rotatable bonds is 4. The van der Waals surface area contributed by atoms with Crippen LogP contribution in [0.4, 0.5) is 5.95 Å². The Hall–Kier alpha value is -2.27. The van der Waals surface area contributed by atoms with Gasteiger partial charge in [-0.2, -0.15) is 0 Å². The van der Waals surface area contributed by atoms with E-state index in [9.17, 15) is 5.11 Å². The molecule has 0 atom stereocenters. The number of hydrogen-bond donors (Lipinski definition) is 2. The molecule has 2 N–H and O–H groups in total. The van der Waals surface area contributed by atoms with Crippen molar-refractivity contribution in [1.82, 2.24) is 9.55 Å². The van der Waals surface area contributed by atoms with Crippen LogP contribution in [0.1, 0.15) is 5.56 Å². The van der Waals surface area contributed by atoms with Crippen LogP contribution >= 0.6 is 15.9 Å². The van der Waals surface area contributed by atoms with Crippen LogP contribution in [-0.4, -0.2) is 14.7 Å². The molecule has 0 unspecified atom stereocenters. The van der Waals surface area contributed by atoms with E-state index in [2.05, 4.69) is 38.4 Å². The SMILES string of the molecule is Cn1c(-c2cccc(Br)c2)cnc1NCc1cccc(O)c1. The summed E-state index contributed by atoms with van der Waals surface area (Å²) in [4.78, 5) is 4.43. The standard InChI is InChI=1S/C17H16BrN3O/c1-21-16(13-5-3-6-14(18)9-13)11-20-17(21)19-10-12-4-2-7-15(22)8-12/h2-9,11,22H,10H2,1H3,(H,19,20). The fourth-order valence-corrected chi connectivity index (χ4v) is 2.74. The van der Waals surface area contributed by atoms with Crippen LogP contribution in [0.15, 0.2) is 59.2 Å². The van der Waals surface area contributed by atoms with Gasteiger partial charge >= 0.3 is 0 Å². The fourth-order valence-electron chi connectivity index (χ4n) is 2.34. The molecular weight excluding hydrogens is 342 g/mol. The number of nitrogens with one attached hydrogen (secondary N) is 1. The Morgan fingerprint density at radius 1 is 1.18 bits per heavy atom. The predicted molar refractivity (Wildman–Crippen MR) is 91.8 cm³/mol.